The Bertz CT molecular complexity index is 3110. The summed E-state index contributed by atoms with van der Waals surface area (Å²) in [6, 6.07) is 13.3. The Morgan fingerprint density at radius 2 is 1.76 bits per heavy atom. The van der Waals surface area contributed by atoms with Crippen molar-refractivity contribution in [2.24, 2.45) is 12.5 Å². The second-order valence-electron chi connectivity index (χ2n) is 20.2. The molecule has 2 fully saturated rings. The van der Waals surface area contributed by atoms with Gasteiger partial charge in [0.15, 0.2) is 0 Å². The number of amides is 6. The van der Waals surface area contributed by atoms with Crippen LogP contribution in [0.15, 0.2) is 71.9 Å². The third-order valence-corrected chi connectivity index (χ3v) is 14.6. The number of imide groups is 2. The van der Waals surface area contributed by atoms with Gasteiger partial charge >= 0.3 is 0 Å². The Balaban J connectivity index is 0.714. The average Bonchev–Trinajstić information content (AvgIpc) is 3.95. The van der Waals surface area contributed by atoms with E-state index in [9.17, 15) is 38.7 Å². The van der Waals surface area contributed by atoms with Crippen LogP contribution in [0, 0.1) is 5.41 Å². The summed E-state index contributed by atoms with van der Waals surface area (Å²) in [7, 11) is 1.66. The Kier molecular flexibility index (Phi) is 12.9. The highest BCUT2D eigenvalue weighted by molar-refractivity contribution is 6.24. The molecule has 6 amide bonds. The second kappa shape index (κ2) is 19.2. The average molecular weight is 979 g/mol. The summed E-state index contributed by atoms with van der Waals surface area (Å²) in [5.74, 6) is -1.47. The molecule has 8 heterocycles. The highest BCUT2D eigenvalue weighted by atomic mass is 16.5. The summed E-state index contributed by atoms with van der Waals surface area (Å²) >= 11 is 0. The van der Waals surface area contributed by atoms with Crippen LogP contribution in [0.1, 0.15) is 100 Å². The number of hydrogen-bond donors (Lipinski definition) is 3. The molecule has 5 aromatic rings. The van der Waals surface area contributed by atoms with Crippen LogP contribution in [0.4, 0.5) is 23.0 Å². The fraction of sp³-hybridized carbons (Fsp3) is 0.415. The minimum atomic E-state index is -1.03. The number of benzene rings is 1. The maximum Gasteiger partial charge on any atom is 0.276 e. The maximum atomic E-state index is 14.0. The van der Waals surface area contributed by atoms with E-state index in [1.807, 2.05) is 17.0 Å². The molecular weight excluding hydrogens is 921 g/mol. The van der Waals surface area contributed by atoms with Crippen molar-refractivity contribution in [1.29, 1.82) is 0 Å². The Hall–Kier alpha value is -7.51. The normalized spacial score (nSPS) is 19.4. The SMILES string of the molecule is C[C@H]1CN(C(=O)CCOCCCc2cccc3c2C(=O)N(C2CCC(=O)NC2=O)C3=O)CCN1c1ccc(Nc2cc(-c3ccnc(N4CCn5c(cc6c5CC(C)(C)C6)C4=O)c3CO)cn(C)c2=O)nc1. The number of ether oxygens (including phenoxy) is 1. The third-order valence-electron chi connectivity index (χ3n) is 14.6. The lowest BCUT2D eigenvalue weighted by Crippen LogP contribution is -2.54. The summed E-state index contributed by atoms with van der Waals surface area (Å²) in [5, 5.41) is 16.2. The molecule has 4 aromatic heterocycles. The molecule has 374 valence electrons. The Morgan fingerprint density at radius 1 is 0.931 bits per heavy atom. The van der Waals surface area contributed by atoms with Gasteiger partial charge in [-0.15, -0.1) is 0 Å². The minimum Gasteiger partial charge on any atom is -0.392 e. The number of nitrogens with one attached hydrogen (secondary N) is 2. The quantitative estimate of drug-likeness (QED) is 0.105. The van der Waals surface area contributed by atoms with Crippen LogP contribution >= 0.6 is 0 Å². The molecule has 3 N–H and O–H groups in total. The van der Waals surface area contributed by atoms with Crippen LogP contribution in [0.5, 0.6) is 0 Å². The monoisotopic (exact) mass is 978 g/mol. The van der Waals surface area contributed by atoms with Gasteiger partial charge in [0.1, 0.15) is 29.1 Å². The number of anilines is 4. The second-order valence-corrected chi connectivity index (χ2v) is 20.2. The molecule has 5 aliphatic rings. The van der Waals surface area contributed by atoms with E-state index in [4.69, 9.17) is 4.74 Å². The van der Waals surface area contributed by atoms with Gasteiger partial charge in [-0.2, -0.15) is 0 Å². The van der Waals surface area contributed by atoms with Crippen LogP contribution in [-0.4, -0.2) is 121 Å². The highest BCUT2D eigenvalue weighted by Crippen LogP contribution is 2.40. The van der Waals surface area contributed by atoms with Gasteiger partial charge in [-0.05, 0) is 97.5 Å². The zero-order valence-electron chi connectivity index (χ0n) is 40.9. The Labute approximate surface area is 415 Å². The maximum absolute atomic E-state index is 14.0. The lowest BCUT2D eigenvalue weighted by molar-refractivity contribution is -0.136. The van der Waals surface area contributed by atoms with Gasteiger partial charge in [0.2, 0.25) is 17.7 Å². The number of aromatic nitrogens is 4. The number of aryl methyl sites for hydroxylation is 2. The summed E-state index contributed by atoms with van der Waals surface area (Å²) in [6.45, 7) is 9.41. The van der Waals surface area contributed by atoms with Crippen LogP contribution < -0.4 is 26.0 Å². The van der Waals surface area contributed by atoms with Gasteiger partial charge in [0, 0.05) is 88.1 Å². The first-order valence-corrected chi connectivity index (χ1v) is 24.6. The summed E-state index contributed by atoms with van der Waals surface area (Å²) < 4.78 is 9.45. The van der Waals surface area contributed by atoms with Gasteiger partial charge in [-0.25, -0.2) is 9.97 Å². The topological polar surface area (TPSA) is 222 Å². The van der Waals surface area contributed by atoms with Gasteiger partial charge in [-0.1, -0.05) is 26.0 Å². The van der Waals surface area contributed by atoms with E-state index < -0.39 is 29.7 Å². The number of aliphatic hydroxyl groups is 1. The first kappa shape index (κ1) is 48.1. The molecule has 0 bridgehead atoms. The summed E-state index contributed by atoms with van der Waals surface area (Å²) in [5.41, 5.74) is 7.10. The van der Waals surface area contributed by atoms with Crippen LogP contribution in [0.3, 0.4) is 0 Å². The van der Waals surface area contributed by atoms with Crippen molar-refractivity contribution in [1.82, 2.24) is 34.2 Å². The number of piperidine rings is 1. The number of aliphatic hydroxyl groups excluding tert-OH is 1. The predicted octanol–water partition coefficient (Wildman–Crippen LogP) is 4.14. The molecule has 19 heteroatoms. The first-order chi connectivity index (χ1) is 34.6. The number of fused-ring (bicyclic) bond motifs is 4. The number of pyridine rings is 3. The van der Waals surface area contributed by atoms with Crippen LogP contribution in [0.2, 0.25) is 0 Å². The molecule has 72 heavy (non-hydrogen) atoms. The molecule has 2 saturated heterocycles. The molecule has 1 aromatic carbocycles. The molecule has 1 unspecified atom stereocenters. The van der Waals surface area contributed by atoms with Crippen LogP contribution in [-0.2, 0) is 58.6 Å². The molecule has 10 rings (SSSR count). The number of hydrogen-bond acceptors (Lipinski definition) is 13. The van der Waals surface area contributed by atoms with Gasteiger partial charge in [0.05, 0.1) is 42.6 Å². The van der Waals surface area contributed by atoms with E-state index in [2.05, 4.69) is 50.8 Å². The number of piperazine rings is 1. The highest BCUT2D eigenvalue weighted by Gasteiger charge is 2.45. The van der Waals surface area contributed by atoms with Crippen molar-refractivity contribution >= 4 is 58.5 Å². The van der Waals surface area contributed by atoms with Gasteiger partial charge in [-0.3, -0.25) is 48.7 Å². The van der Waals surface area contributed by atoms with Crippen molar-refractivity contribution < 1.29 is 38.6 Å². The molecule has 4 aliphatic heterocycles. The molecule has 0 radical (unpaired) electrons. The van der Waals surface area contributed by atoms with E-state index in [1.165, 1.54) is 15.8 Å². The smallest absolute Gasteiger partial charge is 0.276 e. The molecule has 0 spiro atoms. The number of nitrogens with zero attached hydrogens (tertiary/aromatic N) is 8. The molecular formula is C53H58N10O9. The first-order valence-electron chi connectivity index (χ1n) is 24.6. The third kappa shape index (κ3) is 8.95. The fourth-order valence-electron chi connectivity index (χ4n) is 11.1. The number of carbonyl (C=O) groups excluding carboxylic acids is 6. The summed E-state index contributed by atoms with van der Waals surface area (Å²) in [6.07, 6.45) is 8.27. The molecule has 0 saturated carbocycles. The minimum absolute atomic E-state index is 0.00816. The summed E-state index contributed by atoms with van der Waals surface area (Å²) in [4.78, 5) is 107. The van der Waals surface area contributed by atoms with E-state index in [0.29, 0.717) is 91.8 Å². The lowest BCUT2D eigenvalue weighted by atomic mass is 9.90. The molecule has 19 nitrogen and oxygen atoms in total. The molecule has 1 aliphatic carbocycles. The van der Waals surface area contributed by atoms with E-state index in [-0.39, 0.29) is 78.1 Å². The van der Waals surface area contributed by atoms with Crippen molar-refractivity contribution in [3.8, 4) is 11.1 Å². The molecule has 2 atom stereocenters. The predicted molar refractivity (Wildman–Crippen MR) is 266 cm³/mol. The Morgan fingerprint density at radius 3 is 2.53 bits per heavy atom. The number of rotatable bonds is 14. The van der Waals surface area contributed by atoms with E-state index >= 15 is 0 Å². The lowest BCUT2D eigenvalue weighted by Gasteiger charge is -2.41. The zero-order valence-corrected chi connectivity index (χ0v) is 40.9. The van der Waals surface area contributed by atoms with Crippen LogP contribution in [0.25, 0.3) is 11.1 Å². The van der Waals surface area contributed by atoms with Crippen molar-refractivity contribution in [2.75, 3.05) is 54.5 Å². The van der Waals surface area contributed by atoms with Gasteiger partial charge in [0.25, 0.3) is 23.3 Å². The van der Waals surface area contributed by atoms with Crippen molar-refractivity contribution in [3.05, 3.63) is 117 Å². The van der Waals surface area contributed by atoms with E-state index in [1.54, 1.807) is 66.9 Å². The fourth-order valence-corrected chi connectivity index (χ4v) is 11.1. The standard InChI is InChI=1S/C53H58N10O9/c1-31-28-59(45(66)15-22-72-21-6-8-32-7-5-9-37-46(32)52(71)63(49(37)68)40-11-13-44(65)57-48(40)67)17-18-60(31)35-10-12-43(55-27-35)56-39-23-34(29-58(4)50(39)69)36-14-16-54-47(38(36)30-64)62-20-19-61-41(51(62)70)24-33-25-53(2,3)26-42(33)61/h5,7,9-10,12,14,16,23-24,27,29,31,40,64H,6,8,11,13,15,17-22,25-26,28,30H2,1-4H3,(H,55,56)(H,57,65,67)/t31-,40?/m0/s1. The van der Waals surface area contributed by atoms with Gasteiger partial charge < -0.3 is 34.1 Å². The van der Waals surface area contributed by atoms with Crippen molar-refractivity contribution in [2.45, 2.75) is 91.0 Å². The number of carbonyl (C=O) groups is 6. The van der Waals surface area contributed by atoms with Crippen molar-refractivity contribution in [3.63, 3.8) is 0 Å². The van der Waals surface area contributed by atoms with E-state index in [0.717, 1.165) is 23.4 Å². The zero-order chi connectivity index (χ0) is 50.6. The largest absolute Gasteiger partial charge is 0.392 e.